The quantitative estimate of drug-likeness (QED) is 0.824. The van der Waals surface area contributed by atoms with Gasteiger partial charge in [0, 0.05) is 15.6 Å². The summed E-state index contributed by atoms with van der Waals surface area (Å²) in [5.74, 6) is -0.309. The van der Waals surface area contributed by atoms with Crippen molar-refractivity contribution < 1.29 is 4.79 Å². The number of carbonyl (C=O) groups excluding carboxylic acids is 1. The molecule has 0 unspecified atom stereocenters. The van der Waals surface area contributed by atoms with Crippen LogP contribution in [-0.2, 0) is 0 Å². The maximum absolute atomic E-state index is 12.1. The van der Waals surface area contributed by atoms with Crippen molar-refractivity contribution in [2.45, 2.75) is 6.92 Å². The number of carbonyl (C=O) groups is 1. The van der Waals surface area contributed by atoms with Crippen LogP contribution in [0.5, 0.6) is 0 Å². The summed E-state index contributed by atoms with van der Waals surface area (Å²) in [6, 6.07) is 4.64. The monoisotopic (exact) mass is 334 g/mol. The summed E-state index contributed by atoms with van der Waals surface area (Å²) in [7, 11) is 0. The highest BCUT2D eigenvalue weighted by Crippen LogP contribution is 2.34. The minimum atomic E-state index is -0.309. The standard InChI is InChI=1S/C12H9Cl3N2OS/c1-5-9(16)4-10(19-5)12(18)17-11-7(14)2-6(13)3-8(11)15/h2-4H,16H2,1H3,(H,17,18). The van der Waals surface area contributed by atoms with Crippen LogP contribution in [0.15, 0.2) is 18.2 Å². The van der Waals surface area contributed by atoms with E-state index in [0.717, 1.165) is 4.88 Å². The molecule has 0 fully saturated rings. The maximum Gasteiger partial charge on any atom is 0.265 e. The Kier molecular flexibility index (Phi) is 4.26. The van der Waals surface area contributed by atoms with Crippen LogP contribution >= 0.6 is 46.1 Å². The number of aryl methyl sites for hydroxylation is 1. The van der Waals surface area contributed by atoms with Gasteiger partial charge < -0.3 is 11.1 Å². The second-order valence-corrected chi connectivity index (χ2v) is 6.33. The van der Waals surface area contributed by atoms with E-state index in [2.05, 4.69) is 5.32 Å². The highest BCUT2D eigenvalue weighted by molar-refractivity contribution is 7.14. The predicted molar refractivity (Wildman–Crippen MR) is 82.9 cm³/mol. The number of nitrogen functional groups attached to an aromatic ring is 1. The Morgan fingerprint density at radius 2 is 1.79 bits per heavy atom. The third-order valence-electron chi connectivity index (χ3n) is 2.43. The van der Waals surface area contributed by atoms with Crippen molar-refractivity contribution >= 4 is 63.4 Å². The molecule has 0 aliphatic rings. The molecule has 7 heteroatoms. The molecule has 0 spiro atoms. The van der Waals surface area contributed by atoms with Gasteiger partial charge in [0.05, 0.1) is 20.6 Å². The average molecular weight is 336 g/mol. The molecule has 0 saturated heterocycles. The van der Waals surface area contributed by atoms with Crippen molar-refractivity contribution in [1.29, 1.82) is 0 Å². The lowest BCUT2D eigenvalue weighted by Crippen LogP contribution is -2.11. The first-order valence-corrected chi connectivity index (χ1v) is 7.15. The van der Waals surface area contributed by atoms with Crippen LogP contribution in [0.2, 0.25) is 15.1 Å². The van der Waals surface area contributed by atoms with Crippen LogP contribution in [0.3, 0.4) is 0 Å². The summed E-state index contributed by atoms with van der Waals surface area (Å²) in [6.45, 7) is 1.85. The number of anilines is 2. The van der Waals surface area contributed by atoms with Gasteiger partial charge in [0.25, 0.3) is 5.91 Å². The zero-order valence-electron chi connectivity index (χ0n) is 9.76. The second-order valence-electron chi connectivity index (χ2n) is 3.82. The molecule has 19 heavy (non-hydrogen) atoms. The van der Waals surface area contributed by atoms with Gasteiger partial charge in [-0.15, -0.1) is 11.3 Å². The summed E-state index contributed by atoms with van der Waals surface area (Å²) >= 11 is 19.1. The van der Waals surface area contributed by atoms with Gasteiger partial charge in [-0.1, -0.05) is 34.8 Å². The van der Waals surface area contributed by atoms with Crippen molar-refractivity contribution in [2.75, 3.05) is 11.1 Å². The van der Waals surface area contributed by atoms with Crippen molar-refractivity contribution in [3.05, 3.63) is 43.0 Å². The van der Waals surface area contributed by atoms with E-state index in [4.69, 9.17) is 40.5 Å². The van der Waals surface area contributed by atoms with Crippen LogP contribution in [0.1, 0.15) is 14.5 Å². The molecular weight excluding hydrogens is 327 g/mol. The number of thiophene rings is 1. The highest BCUT2D eigenvalue weighted by atomic mass is 35.5. The maximum atomic E-state index is 12.1. The number of rotatable bonds is 2. The van der Waals surface area contributed by atoms with Gasteiger partial charge >= 0.3 is 0 Å². The lowest BCUT2D eigenvalue weighted by atomic mass is 10.3. The molecule has 1 amide bonds. The first-order valence-electron chi connectivity index (χ1n) is 5.20. The summed E-state index contributed by atoms with van der Waals surface area (Å²) in [5, 5.41) is 3.63. The van der Waals surface area contributed by atoms with Gasteiger partial charge in [0.2, 0.25) is 0 Å². The van der Waals surface area contributed by atoms with E-state index in [-0.39, 0.29) is 16.0 Å². The number of nitrogens with one attached hydrogen (secondary N) is 1. The van der Waals surface area contributed by atoms with Gasteiger partial charge in [-0.3, -0.25) is 4.79 Å². The Bertz CT molecular complexity index is 612. The molecular formula is C12H9Cl3N2OS. The van der Waals surface area contributed by atoms with Gasteiger partial charge in [-0.25, -0.2) is 0 Å². The Morgan fingerprint density at radius 3 is 2.26 bits per heavy atom. The van der Waals surface area contributed by atoms with E-state index < -0.39 is 0 Å². The Balaban J connectivity index is 2.29. The van der Waals surface area contributed by atoms with Gasteiger partial charge in [0.15, 0.2) is 0 Å². The minimum Gasteiger partial charge on any atom is -0.398 e. The number of nitrogens with two attached hydrogens (primary N) is 1. The molecule has 1 aromatic heterocycles. The van der Waals surface area contributed by atoms with Crippen LogP contribution in [0.25, 0.3) is 0 Å². The van der Waals surface area contributed by atoms with Crippen LogP contribution in [-0.4, -0.2) is 5.91 Å². The third kappa shape index (κ3) is 3.15. The molecule has 1 heterocycles. The largest absolute Gasteiger partial charge is 0.398 e. The molecule has 3 nitrogen and oxygen atoms in total. The number of benzene rings is 1. The Hall–Kier alpha value is -0.940. The highest BCUT2D eigenvalue weighted by Gasteiger charge is 2.15. The molecule has 0 aliphatic heterocycles. The lowest BCUT2D eigenvalue weighted by molar-refractivity contribution is 0.103. The summed E-state index contributed by atoms with van der Waals surface area (Å²) < 4.78 is 0. The van der Waals surface area contributed by atoms with Gasteiger partial charge in [-0.05, 0) is 25.1 Å². The van der Waals surface area contributed by atoms with Gasteiger partial charge in [0.1, 0.15) is 0 Å². The second kappa shape index (κ2) is 5.59. The van der Waals surface area contributed by atoms with Crippen molar-refractivity contribution in [3.63, 3.8) is 0 Å². The zero-order valence-corrected chi connectivity index (χ0v) is 12.8. The third-order valence-corrected chi connectivity index (χ3v) is 4.30. The van der Waals surface area contributed by atoms with E-state index in [1.807, 2.05) is 6.92 Å². The summed E-state index contributed by atoms with van der Waals surface area (Å²) in [4.78, 5) is 13.4. The van der Waals surface area contributed by atoms with Crippen LogP contribution in [0.4, 0.5) is 11.4 Å². The van der Waals surface area contributed by atoms with Crippen LogP contribution in [0, 0.1) is 6.92 Å². The molecule has 0 saturated carbocycles. The lowest BCUT2D eigenvalue weighted by Gasteiger charge is -2.08. The minimum absolute atomic E-state index is 0.284. The van der Waals surface area contributed by atoms with Crippen molar-refractivity contribution in [3.8, 4) is 0 Å². The predicted octanol–water partition coefficient (Wildman–Crippen LogP) is 4.85. The van der Waals surface area contributed by atoms with E-state index in [1.54, 1.807) is 6.07 Å². The SMILES string of the molecule is Cc1sc(C(=O)Nc2c(Cl)cc(Cl)cc2Cl)cc1N. The fourth-order valence-corrected chi connectivity index (χ4v) is 3.19. The summed E-state index contributed by atoms with van der Waals surface area (Å²) in [5.41, 5.74) is 6.63. The fourth-order valence-electron chi connectivity index (χ4n) is 1.44. The van der Waals surface area contributed by atoms with Crippen molar-refractivity contribution in [2.24, 2.45) is 0 Å². The molecule has 100 valence electrons. The molecule has 2 aromatic rings. The van der Waals surface area contributed by atoms with E-state index in [0.29, 0.717) is 21.3 Å². The number of hydrogen-bond acceptors (Lipinski definition) is 3. The molecule has 3 N–H and O–H groups in total. The summed E-state index contributed by atoms with van der Waals surface area (Å²) in [6.07, 6.45) is 0. The fraction of sp³-hybridized carbons (Fsp3) is 0.0833. The average Bonchev–Trinajstić information content (AvgIpc) is 2.64. The normalized spacial score (nSPS) is 10.5. The van der Waals surface area contributed by atoms with E-state index in [1.165, 1.54) is 23.5 Å². The smallest absolute Gasteiger partial charge is 0.265 e. The molecule has 0 atom stereocenters. The number of amides is 1. The Labute approximate surface area is 129 Å². The van der Waals surface area contributed by atoms with E-state index >= 15 is 0 Å². The van der Waals surface area contributed by atoms with Gasteiger partial charge in [-0.2, -0.15) is 0 Å². The molecule has 0 aliphatic carbocycles. The topological polar surface area (TPSA) is 55.1 Å². The number of hydrogen-bond donors (Lipinski definition) is 2. The first-order chi connectivity index (χ1) is 8.88. The van der Waals surface area contributed by atoms with Crippen molar-refractivity contribution in [1.82, 2.24) is 0 Å². The number of halogens is 3. The van der Waals surface area contributed by atoms with Crippen LogP contribution < -0.4 is 11.1 Å². The zero-order chi connectivity index (χ0) is 14.2. The molecule has 2 rings (SSSR count). The first kappa shape index (κ1) is 14.5. The molecule has 0 bridgehead atoms. The molecule has 1 aromatic carbocycles. The Morgan fingerprint density at radius 1 is 1.21 bits per heavy atom. The van der Waals surface area contributed by atoms with E-state index in [9.17, 15) is 4.79 Å². The molecule has 0 radical (unpaired) electrons.